The molecule has 0 saturated carbocycles. The molecule has 0 saturated heterocycles. The van der Waals surface area contributed by atoms with Crippen molar-refractivity contribution in [3.63, 3.8) is 0 Å². The Morgan fingerprint density at radius 1 is 0.483 bits per heavy atom. The van der Waals surface area contributed by atoms with Gasteiger partial charge in [-0.3, -0.25) is 86.5 Å². The zero-order chi connectivity index (χ0) is 89.5. The Kier molecular flexibility index (Phi) is 44.1. The second-order valence-electron chi connectivity index (χ2n) is 31.1. The third-order valence-electron chi connectivity index (χ3n) is 18.9. The second-order valence-corrected chi connectivity index (χ2v) is 31.1. The molecule has 0 aliphatic rings. The maximum absolute atomic E-state index is 14.8. The van der Waals surface area contributed by atoms with E-state index in [1.165, 1.54) is 71.4 Å². The molecule has 2 aromatic rings. The van der Waals surface area contributed by atoms with E-state index in [0.29, 0.717) is 31.2 Å². The highest BCUT2D eigenvalue weighted by Crippen LogP contribution is 2.18. The van der Waals surface area contributed by atoms with Crippen LogP contribution in [0.5, 0.6) is 5.75 Å². The number of amides is 16. The average Bonchev–Trinajstić information content (AvgIpc) is 0.874. The number of nitrogens with zero attached hydrogens (tertiary/aromatic N) is 2. The largest absolute Gasteiger partial charge is 0.508 e. The standard InChI is InChI=1S/C76H127N23O19/c1-13-15-19-46(90-68(113)53(34-39(3)4)94-66(111)50(27-30-56(79)102)92-70(115)59(41(7)14-2)97-67(112)51(28-31-57(103)104)96-73(118)76(11,12)99-71(116)58(40(5)6)98-72(117)75(9,10)83)64(109)95-54(36-44-37-84-38-86-44)69(114)91-49(26-29-55(78)101)65(110)89-48(21-18-33-85-74(81)82)62(107)87-42(8)61(106)88-47(20-16-17-32-77)63(108)93-52(60(80)105)35-43-22-24-45(100)25-23-43/h22-25,37-42,46-54,58-59,100H,13-21,26-36,77,83H2,1-12H3,(H2,78,101)(H2,79,102)(H2,80,105)(H,84,86)(H,87,107)(H,88,106)(H,89,110)(H,90,113)(H,91,114)(H,92,115)(H,93,108)(H,94,111)(H,95,109)(H,96,118)(H,97,112)(H,98,117)(H,99,116)(H,103,104)(H4,81,82,85). The van der Waals surface area contributed by atoms with Gasteiger partial charge in [-0.2, -0.15) is 0 Å². The number of carboxylic acids is 1. The summed E-state index contributed by atoms with van der Waals surface area (Å²) in [4.78, 5) is 245. The van der Waals surface area contributed by atoms with Crippen molar-refractivity contribution < 1.29 is 91.7 Å². The zero-order valence-electron chi connectivity index (χ0n) is 69.5. The number of guanidine groups is 1. The summed E-state index contributed by atoms with van der Waals surface area (Å²) >= 11 is 0. The fraction of sp³-hybridized carbons (Fsp3) is 0.645. The third-order valence-corrected chi connectivity index (χ3v) is 18.9. The zero-order valence-corrected chi connectivity index (χ0v) is 69.5. The first-order valence-corrected chi connectivity index (χ1v) is 39.5. The van der Waals surface area contributed by atoms with E-state index in [4.69, 9.17) is 40.1 Å². The first kappa shape index (κ1) is 102. The van der Waals surface area contributed by atoms with Gasteiger partial charge in [0.2, 0.25) is 94.5 Å². The smallest absolute Gasteiger partial charge is 0.303 e. The van der Waals surface area contributed by atoms with E-state index in [0.717, 1.165) is 0 Å². The van der Waals surface area contributed by atoms with Gasteiger partial charge >= 0.3 is 5.97 Å². The molecule has 1 aromatic heterocycles. The fourth-order valence-corrected chi connectivity index (χ4v) is 11.6. The number of rotatable bonds is 56. The van der Waals surface area contributed by atoms with Gasteiger partial charge in [0.15, 0.2) is 5.96 Å². The highest BCUT2D eigenvalue weighted by Gasteiger charge is 2.41. The minimum absolute atomic E-state index is 0.0281. The van der Waals surface area contributed by atoms with Gasteiger partial charge in [0, 0.05) is 50.5 Å². The van der Waals surface area contributed by atoms with E-state index >= 15 is 0 Å². The molecule has 1 heterocycles. The van der Waals surface area contributed by atoms with Crippen LogP contribution in [0.3, 0.4) is 0 Å². The van der Waals surface area contributed by atoms with Crippen molar-refractivity contribution in [2.45, 2.75) is 282 Å². The van der Waals surface area contributed by atoms with Gasteiger partial charge in [0.1, 0.15) is 83.8 Å². The van der Waals surface area contributed by atoms with Crippen molar-refractivity contribution in [1.82, 2.24) is 79.1 Å². The number of H-pyrrole nitrogens is 1. The molecule has 0 aliphatic heterocycles. The molecule has 30 N–H and O–H groups in total. The first-order valence-electron chi connectivity index (χ1n) is 39.5. The monoisotopic (exact) mass is 1670 g/mol. The van der Waals surface area contributed by atoms with Crippen LogP contribution in [-0.4, -0.2) is 223 Å². The van der Waals surface area contributed by atoms with E-state index in [9.17, 15) is 91.7 Å². The maximum Gasteiger partial charge on any atom is 0.303 e. The fourth-order valence-electron chi connectivity index (χ4n) is 11.6. The van der Waals surface area contributed by atoms with Crippen molar-refractivity contribution in [2.24, 2.45) is 62.9 Å². The summed E-state index contributed by atoms with van der Waals surface area (Å²) in [5, 5.41) is 52.8. The van der Waals surface area contributed by atoms with E-state index < -0.39 is 234 Å². The Bertz CT molecular complexity index is 3750. The molecular formula is C76H127N23O19. The molecule has 0 bridgehead atoms. The number of aromatic hydroxyl groups is 1. The van der Waals surface area contributed by atoms with Crippen LogP contribution in [0.4, 0.5) is 0 Å². The predicted molar refractivity (Wildman–Crippen MR) is 432 cm³/mol. The van der Waals surface area contributed by atoms with Gasteiger partial charge in [-0.1, -0.05) is 79.9 Å². The molecule has 13 unspecified atom stereocenters. The van der Waals surface area contributed by atoms with E-state index in [-0.39, 0.29) is 87.8 Å². The molecule has 13 atom stereocenters. The van der Waals surface area contributed by atoms with Crippen molar-refractivity contribution in [3.05, 3.63) is 48.0 Å². The molecular weight excluding hydrogens is 1540 g/mol. The van der Waals surface area contributed by atoms with Crippen LogP contribution in [0, 0.1) is 17.8 Å². The quantitative estimate of drug-likeness (QED) is 0.0168. The van der Waals surface area contributed by atoms with Gasteiger partial charge in [-0.05, 0) is 141 Å². The molecule has 1 aromatic carbocycles. The van der Waals surface area contributed by atoms with Crippen LogP contribution < -0.4 is 109 Å². The Labute approximate surface area is 686 Å². The lowest BCUT2D eigenvalue weighted by Crippen LogP contribution is -2.64. The number of aliphatic carboxylic acids is 1. The summed E-state index contributed by atoms with van der Waals surface area (Å²) in [5.41, 5.74) is 37.2. The van der Waals surface area contributed by atoms with Crippen molar-refractivity contribution in [1.29, 1.82) is 0 Å². The molecule has 660 valence electrons. The lowest BCUT2D eigenvalue weighted by Gasteiger charge is -2.32. The number of carbonyl (C=O) groups is 17. The number of phenolic OH excluding ortho intramolecular Hbond substituents is 1. The Balaban J connectivity index is 2.57. The normalized spacial score (nSPS) is 14.7. The molecule has 42 nitrogen and oxygen atoms in total. The van der Waals surface area contributed by atoms with Crippen molar-refractivity contribution in [2.75, 3.05) is 13.1 Å². The summed E-state index contributed by atoms with van der Waals surface area (Å²) in [6.45, 7) is 18.6. The number of primary amides is 3. The number of hydrogen-bond donors (Lipinski definition) is 23. The van der Waals surface area contributed by atoms with Crippen molar-refractivity contribution in [3.8, 4) is 5.75 Å². The Morgan fingerprint density at radius 3 is 1.40 bits per heavy atom. The first-order chi connectivity index (χ1) is 55.1. The number of carbonyl (C=O) groups excluding carboxylic acids is 16. The minimum atomic E-state index is -1.82. The maximum atomic E-state index is 14.8. The van der Waals surface area contributed by atoms with Gasteiger partial charge in [0.25, 0.3) is 0 Å². The Morgan fingerprint density at radius 2 is 0.932 bits per heavy atom. The number of nitrogens with one attached hydrogen (secondary N) is 14. The number of aromatic nitrogens is 2. The summed E-state index contributed by atoms with van der Waals surface area (Å²) in [5.74, 6) is -18.2. The van der Waals surface area contributed by atoms with E-state index in [2.05, 4.69) is 84.1 Å². The number of aromatic amines is 1. The number of phenols is 1. The molecule has 0 spiro atoms. The third kappa shape index (κ3) is 38.0. The number of hydrogen-bond acceptors (Lipinski definition) is 22. The number of imidazole rings is 1. The average molecular weight is 1670 g/mol. The van der Waals surface area contributed by atoms with Gasteiger partial charge in [-0.25, -0.2) is 4.98 Å². The van der Waals surface area contributed by atoms with E-state index in [1.807, 2.05) is 0 Å². The molecule has 16 amide bonds. The van der Waals surface area contributed by atoms with Crippen molar-refractivity contribution >= 4 is 106 Å². The summed E-state index contributed by atoms with van der Waals surface area (Å²) in [6, 6.07) is -12.0. The number of aliphatic imine (C=N–C) groups is 1. The van der Waals surface area contributed by atoms with Crippen LogP contribution in [0.15, 0.2) is 41.8 Å². The van der Waals surface area contributed by atoms with Gasteiger partial charge < -0.3 is 124 Å². The molecule has 0 fully saturated rings. The van der Waals surface area contributed by atoms with Gasteiger partial charge in [-0.15, -0.1) is 0 Å². The molecule has 0 radical (unpaired) electrons. The summed E-state index contributed by atoms with van der Waals surface area (Å²) in [7, 11) is 0. The van der Waals surface area contributed by atoms with Crippen LogP contribution >= 0.6 is 0 Å². The Hall–Kier alpha value is -11.6. The topological polar surface area (TPSA) is 710 Å². The molecule has 0 aliphatic carbocycles. The summed E-state index contributed by atoms with van der Waals surface area (Å²) in [6.07, 6.45) is 0.396. The predicted octanol–water partition coefficient (Wildman–Crippen LogP) is -4.63. The van der Waals surface area contributed by atoms with Gasteiger partial charge in [0.05, 0.1) is 11.9 Å². The van der Waals surface area contributed by atoms with Crippen LogP contribution in [0.25, 0.3) is 0 Å². The molecule has 2 rings (SSSR count). The lowest BCUT2D eigenvalue weighted by atomic mass is 9.96. The number of nitrogens with two attached hydrogens (primary N) is 7. The number of carboxylic acid groups (broad SMARTS) is 1. The van der Waals surface area contributed by atoms with Crippen LogP contribution in [-0.2, 0) is 94.3 Å². The number of benzene rings is 1. The highest BCUT2D eigenvalue weighted by molar-refractivity contribution is 6.01. The van der Waals surface area contributed by atoms with E-state index in [1.54, 1.807) is 48.5 Å². The SMILES string of the molecule is CCCCC(NC(=O)C(CC(C)C)NC(=O)C(CCC(N)=O)NC(=O)C(NC(=O)C(CCC(=O)O)NC(=O)C(C)(C)NC(=O)C(NC(=O)C(C)(C)N)C(C)C)C(C)CC)C(=O)NC(Cc1cnc[nH]1)C(=O)NC(CCC(N)=O)C(=O)NC(CCCN=C(N)N)C(=O)NC(C)C(=O)NC(CCCCN)C(=O)NC(Cc1ccc(O)cc1)C(N)=O. The minimum Gasteiger partial charge on any atom is -0.508 e. The second kappa shape index (κ2) is 50.8. The summed E-state index contributed by atoms with van der Waals surface area (Å²) < 4.78 is 0. The highest BCUT2D eigenvalue weighted by atomic mass is 16.4. The molecule has 118 heavy (non-hydrogen) atoms. The lowest BCUT2D eigenvalue weighted by molar-refractivity contribution is -0.140. The van der Waals surface area contributed by atoms with Crippen LogP contribution in [0.1, 0.15) is 197 Å². The van der Waals surface area contributed by atoms with Crippen LogP contribution in [0.2, 0.25) is 0 Å². The number of unbranched alkanes of at least 4 members (excludes halogenated alkanes) is 2. The molecule has 42 heteroatoms.